The number of nitrogens with one attached hydrogen (secondary N) is 1. The lowest BCUT2D eigenvalue weighted by Gasteiger charge is -2.19. The fourth-order valence-electron chi connectivity index (χ4n) is 3.03. The van der Waals surface area contributed by atoms with Gasteiger partial charge in [-0.05, 0) is 33.0 Å². The number of allylic oxidation sites excluding steroid dienone is 1. The molecule has 0 saturated carbocycles. The first kappa shape index (κ1) is 20.0. The summed E-state index contributed by atoms with van der Waals surface area (Å²) in [6.45, 7) is 9.91. The lowest BCUT2D eigenvalue weighted by molar-refractivity contribution is -0.114. The highest BCUT2D eigenvalue weighted by molar-refractivity contribution is 6.42. The van der Waals surface area contributed by atoms with Crippen LogP contribution in [0.5, 0.6) is 0 Å². The molecule has 7 nitrogen and oxygen atoms in total. The Morgan fingerprint density at radius 1 is 1.27 bits per heavy atom. The summed E-state index contributed by atoms with van der Waals surface area (Å²) in [5.74, 6) is -0.0520. The molecule has 1 aliphatic rings. The Hall–Kier alpha value is -2.28. The van der Waals surface area contributed by atoms with Crippen LogP contribution in [0.4, 0.5) is 0 Å². The number of carbonyl (C=O) groups excluding carboxylic acids is 2. The molecule has 2 heterocycles. The molecule has 1 aliphatic heterocycles. The minimum Gasteiger partial charge on any atom is -0.354 e. The predicted octanol–water partition coefficient (Wildman–Crippen LogP) is 2.12. The lowest BCUT2D eigenvalue weighted by atomic mass is 9.89. The molecule has 0 spiro atoms. The maximum atomic E-state index is 12.9. The first-order valence-corrected chi connectivity index (χ1v) is 8.95. The van der Waals surface area contributed by atoms with Gasteiger partial charge in [0.05, 0.1) is 5.69 Å². The van der Waals surface area contributed by atoms with E-state index in [1.165, 1.54) is 7.05 Å². The van der Waals surface area contributed by atoms with Crippen molar-refractivity contribution in [3.63, 3.8) is 0 Å². The van der Waals surface area contributed by atoms with Crippen LogP contribution in [-0.2, 0) is 17.9 Å². The van der Waals surface area contributed by atoms with E-state index in [1.54, 1.807) is 0 Å². The zero-order valence-electron chi connectivity index (χ0n) is 16.6. The number of amides is 2. The summed E-state index contributed by atoms with van der Waals surface area (Å²) >= 11 is 0. The van der Waals surface area contributed by atoms with Gasteiger partial charge in [0.1, 0.15) is 11.5 Å². The van der Waals surface area contributed by atoms with Crippen molar-refractivity contribution in [1.29, 1.82) is 0 Å². The van der Waals surface area contributed by atoms with Gasteiger partial charge in [0, 0.05) is 25.6 Å². The SMILES string of the molecule is C/C=C/c1nc(C(=O)/N=C(/C(=O)NC)C(C)(C)C)c2n1CCCN(C)C2. The minimum atomic E-state index is -0.546. The van der Waals surface area contributed by atoms with Crippen molar-refractivity contribution >= 4 is 23.6 Å². The third kappa shape index (κ3) is 4.27. The molecule has 0 unspecified atom stereocenters. The standard InChI is InChI=1S/C19H29N5O2/c1-7-9-14-21-15(13-12-23(6)10-8-11-24(13)14)17(25)22-16(18(26)20-5)19(2,3)4/h7,9H,8,10-12H2,1-6H3,(H,20,26)/b9-7+,22-16-. The molecule has 2 rings (SSSR count). The van der Waals surface area contributed by atoms with Crippen molar-refractivity contribution in [3.8, 4) is 0 Å². The van der Waals surface area contributed by atoms with E-state index in [9.17, 15) is 9.59 Å². The average Bonchev–Trinajstić information content (AvgIpc) is 2.76. The van der Waals surface area contributed by atoms with Gasteiger partial charge in [-0.1, -0.05) is 26.8 Å². The van der Waals surface area contributed by atoms with E-state index < -0.39 is 11.3 Å². The third-order valence-electron chi connectivity index (χ3n) is 4.33. The number of rotatable bonds is 3. The Morgan fingerprint density at radius 3 is 2.54 bits per heavy atom. The Kier molecular flexibility index (Phi) is 6.13. The van der Waals surface area contributed by atoms with Crippen LogP contribution >= 0.6 is 0 Å². The molecule has 26 heavy (non-hydrogen) atoms. The van der Waals surface area contributed by atoms with Gasteiger partial charge >= 0.3 is 0 Å². The molecular weight excluding hydrogens is 330 g/mol. The van der Waals surface area contributed by atoms with Gasteiger partial charge in [0.2, 0.25) is 0 Å². The summed E-state index contributed by atoms with van der Waals surface area (Å²) in [7, 11) is 3.57. The van der Waals surface area contributed by atoms with E-state index >= 15 is 0 Å². The highest BCUT2D eigenvalue weighted by Gasteiger charge is 2.29. The van der Waals surface area contributed by atoms with Crippen molar-refractivity contribution in [3.05, 3.63) is 23.3 Å². The first-order chi connectivity index (χ1) is 12.2. The predicted molar refractivity (Wildman–Crippen MR) is 103 cm³/mol. The number of imidazole rings is 1. The number of hydrogen-bond donors (Lipinski definition) is 1. The topological polar surface area (TPSA) is 79.6 Å². The molecule has 1 aromatic rings. The second kappa shape index (κ2) is 7.95. The van der Waals surface area contributed by atoms with Gasteiger partial charge in [-0.3, -0.25) is 9.59 Å². The summed E-state index contributed by atoms with van der Waals surface area (Å²) in [5.41, 5.74) is 0.853. The molecule has 1 N–H and O–H groups in total. The van der Waals surface area contributed by atoms with Crippen LogP contribution in [0.1, 0.15) is 56.1 Å². The largest absolute Gasteiger partial charge is 0.354 e. The van der Waals surface area contributed by atoms with Crippen LogP contribution < -0.4 is 5.32 Å². The summed E-state index contributed by atoms with van der Waals surface area (Å²) in [4.78, 5) is 36.0. The highest BCUT2D eigenvalue weighted by atomic mass is 16.2. The van der Waals surface area contributed by atoms with Crippen molar-refractivity contribution in [2.24, 2.45) is 10.4 Å². The van der Waals surface area contributed by atoms with E-state index in [0.29, 0.717) is 12.2 Å². The fraction of sp³-hybridized carbons (Fsp3) is 0.579. The van der Waals surface area contributed by atoms with Gasteiger partial charge in [-0.15, -0.1) is 0 Å². The zero-order chi connectivity index (χ0) is 19.5. The Balaban J connectivity index is 2.55. The molecule has 7 heteroatoms. The third-order valence-corrected chi connectivity index (χ3v) is 4.33. The van der Waals surface area contributed by atoms with Crippen LogP contribution in [0, 0.1) is 5.41 Å². The molecule has 2 amide bonds. The zero-order valence-corrected chi connectivity index (χ0v) is 16.6. The molecule has 142 valence electrons. The second-order valence-electron chi connectivity index (χ2n) is 7.60. The Labute approximate surface area is 155 Å². The first-order valence-electron chi connectivity index (χ1n) is 8.95. The minimum absolute atomic E-state index is 0.210. The second-order valence-corrected chi connectivity index (χ2v) is 7.60. The highest BCUT2D eigenvalue weighted by Crippen LogP contribution is 2.22. The number of aromatic nitrogens is 2. The van der Waals surface area contributed by atoms with Gasteiger partial charge in [-0.25, -0.2) is 9.98 Å². The summed E-state index contributed by atoms with van der Waals surface area (Å²) in [5, 5.41) is 2.57. The normalized spacial score (nSPS) is 16.5. The van der Waals surface area contributed by atoms with Crippen molar-refractivity contribution < 1.29 is 9.59 Å². The van der Waals surface area contributed by atoms with Gasteiger partial charge < -0.3 is 14.8 Å². The van der Waals surface area contributed by atoms with Crippen molar-refractivity contribution in [1.82, 2.24) is 19.8 Å². The molecule has 0 atom stereocenters. The Bertz CT molecular complexity index is 753. The smallest absolute Gasteiger partial charge is 0.297 e. The van der Waals surface area contributed by atoms with Crippen LogP contribution in [0.2, 0.25) is 0 Å². The number of carbonyl (C=O) groups is 2. The van der Waals surface area contributed by atoms with E-state index in [1.807, 2.05) is 46.9 Å². The molecular formula is C19H29N5O2. The van der Waals surface area contributed by atoms with E-state index in [2.05, 4.69) is 24.8 Å². The maximum Gasteiger partial charge on any atom is 0.297 e. The van der Waals surface area contributed by atoms with E-state index in [-0.39, 0.29) is 11.6 Å². The molecule has 0 radical (unpaired) electrons. The number of aliphatic imine (C=N–C) groups is 1. The number of fused-ring (bicyclic) bond motifs is 1. The van der Waals surface area contributed by atoms with E-state index in [4.69, 9.17) is 0 Å². The molecule has 0 aromatic carbocycles. The molecule has 0 saturated heterocycles. The van der Waals surface area contributed by atoms with Gasteiger partial charge in [0.25, 0.3) is 11.8 Å². The molecule has 0 fully saturated rings. The van der Waals surface area contributed by atoms with Gasteiger partial charge in [0.15, 0.2) is 5.69 Å². The molecule has 0 aliphatic carbocycles. The van der Waals surface area contributed by atoms with Crippen LogP contribution in [0.25, 0.3) is 6.08 Å². The number of nitrogens with zero attached hydrogens (tertiary/aromatic N) is 4. The van der Waals surface area contributed by atoms with Gasteiger partial charge in [-0.2, -0.15) is 0 Å². The van der Waals surface area contributed by atoms with Crippen LogP contribution in [-0.4, -0.2) is 52.6 Å². The summed E-state index contributed by atoms with van der Waals surface area (Å²) < 4.78 is 2.09. The van der Waals surface area contributed by atoms with Crippen molar-refractivity contribution in [2.45, 2.75) is 47.2 Å². The lowest BCUT2D eigenvalue weighted by Crippen LogP contribution is -2.37. The maximum absolute atomic E-state index is 12.9. The Morgan fingerprint density at radius 2 is 1.96 bits per heavy atom. The summed E-state index contributed by atoms with van der Waals surface area (Å²) in [6, 6.07) is 0. The average molecular weight is 359 g/mol. The van der Waals surface area contributed by atoms with E-state index in [0.717, 1.165) is 31.0 Å². The summed E-state index contributed by atoms with van der Waals surface area (Å²) in [6.07, 6.45) is 4.80. The molecule has 1 aromatic heterocycles. The molecule has 0 bridgehead atoms. The van der Waals surface area contributed by atoms with Crippen molar-refractivity contribution in [2.75, 3.05) is 20.6 Å². The van der Waals surface area contributed by atoms with Crippen LogP contribution in [0.15, 0.2) is 11.1 Å². The van der Waals surface area contributed by atoms with Crippen LogP contribution in [0.3, 0.4) is 0 Å². The quantitative estimate of drug-likeness (QED) is 0.839. The fourth-order valence-corrected chi connectivity index (χ4v) is 3.03. The monoisotopic (exact) mass is 359 g/mol. The number of hydrogen-bond acceptors (Lipinski definition) is 4.